The number of methoxy groups -OCH3 is 1. The molecule has 4 fully saturated rings. The van der Waals surface area contributed by atoms with E-state index in [1.807, 2.05) is 0 Å². The molecule has 0 aromatic heterocycles. The summed E-state index contributed by atoms with van der Waals surface area (Å²) in [6, 6.07) is 0. The van der Waals surface area contributed by atoms with Crippen LogP contribution in [0.2, 0.25) is 0 Å². The van der Waals surface area contributed by atoms with Crippen molar-refractivity contribution in [2.45, 2.75) is 112 Å². The second kappa shape index (κ2) is 7.45. The van der Waals surface area contributed by atoms with Gasteiger partial charge in [-0.05, 0) is 110 Å². The van der Waals surface area contributed by atoms with Gasteiger partial charge in [-0.15, -0.1) is 0 Å². The van der Waals surface area contributed by atoms with E-state index in [2.05, 4.69) is 54.5 Å². The first kappa shape index (κ1) is 25.5. The van der Waals surface area contributed by atoms with Crippen LogP contribution in [0.4, 0.5) is 0 Å². The molecule has 4 nitrogen and oxygen atoms in total. The van der Waals surface area contributed by atoms with E-state index in [4.69, 9.17) is 4.74 Å². The maximum Gasteiger partial charge on any atom is 0.311 e. The summed E-state index contributed by atoms with van der Waals surface area (Å²) in [5.41, 5.74) is 0.590. The van der Waals surface area contributed by atoms with Crippen LogP contribution < -0.4 is 0 Å². The molecule has 0 bridgehead atoms. The zero-order chi connectivity index (χ0) is 25.8. The molecular weight excluding hydrogens is 436 g/mol. The number of hydrogen-bond acceptors (Lipinski definition) is 4. The van der Waals surface area contributed by atoms with Gasteiger partial charge in [0, 0.05) is 5.92 Å². The molecule has 5 rings (SSSR count). The molecule has 0 spiro atoms. The Morgan fingerprint density at radius 2 is 1.60 bits per heavy atom. The summed E-state index contributed by atoms with van der Waals surface area (Å²) >= 11 is 0. The van der Waals surface area contributed by atoms with Crippen LogP contribution in [0.3, 0.4) is 0 Å². The number of ketones is 1. The molecule has 4 heteroatoms. The third-order valence-corrected chi connectivity index (χ3v) is 13.2. The van der Waals surface area contributed by atoms with Crippen LogP contribution in [0.25, 0.3) is 0 Å². The first-order valence-corrected chi connectivity index (χ1v) is 14.1. The van der Waals surface area contributed by atoms with Crippen molar-refractivity contribution in [2.24, 2.45) is 50.2 Å². The van der Waals surface area contributed by atoms with Gasteiger partial charge in [0.2, 0.25) is 0 Å². The van der Waals surface area contributed by atoms with Gasteiger partial charge < -0.3 is 9.84 Å². The SMILES string of the molecule is COC(=O)[C@@]1(C)CC[C@]2(C)CC[C@]3(C)C(=CC(=O)[C@@H]4[C@@]5(C)CC[C@H](O)C(C)(C)[C@H]5CC[C@]43C)[C@@H]2C1. The predicted molar refractivity (Wildman–Crippen MR) is 137 cm³/mol. The smallest absolute Gasteiger partial charge is 0.311 e. The molecule has 0 aromatic carbocycles. The second-order valence-electron chi connectivity index (χ2n) is 15.1. The molecule has 5 aliphatic carbocycles. The summed E-state index contributed by atoms with van der Waals surface area (Å²) in [6.45, 7) is 16.2. The molecule has 0 unspecified atom stereocenters. The largest absolute Gasteiger partial charge is 0.469 e. The molecule has 0 radical (unpaired) electrons. The van der Waals surface area contributed by atoms with E-state index in [0.717, 1.165) is 57.8 Å². The van der Waals surface area contributed by atoms with Crippen molar-refractivity contribution in [3.8, 4) is 0 Å². The zero-order valence-electron chi connectivity index (χ0n) is 23.4. The lowest BCUT2D eigenvalue weighted by molar-refractivity contribution is -0.202. The standard InChI is InChI=1S/C31H48O4/c1-26(2)22-9-12-31(7)24(29(22,5)11-10-23(26)33)21(32)17-19-20-18-28(4,25(34)35-8)14-13-27(20,3)15-16-30(19,31)6/h17,20,22-24,33H,9-16,18H2,1-8H3/t20-,22+,23-,24+,27+,28-,29-,30+,31+/m0/s1. The molecule has 0 aromatic rings. The highest BCUT2D eigenvalue weighted by atomic mass is 16.5. The lowest BCUT2D eigenvalue weighted by Gasteiger charge is -2.70. The van der Waals surface area contributed by atoms with E-state index in [9.17, 15) is 14.7 Å². The van der Waals surface area contributed by atoms with Crippen LogP contribution >= 0.6 is 0 Å². The fourth-order valence-electron chi connectivity index (χ4n) is 10.6. The maximum absolute atomic E-state index is 14.3. The Labute approximate surface area is 212 Å². The zero-order valence-corrected chi connectivity index (χ0v) is 23.4. The van der Waals surface area contributed by atoms with E-state index in [-0.39, 0.29) is 51.0 Å². The maximum atomic E-state index is 14.3. The Balaban J connectivity index is 1.61. The Morgan fingerprint density at radius 1 is 0.943 bits per heavy atom. The highest BCUT2D eigenvalue weighted by Gasteiger charge is 2.70. The summed E-state index contributed by atoms with van der Waals surface area (Å²) in [6.07, 6.45) is 10.5. The van der Waals surface area contributed by atoms with Crippen molar-refractivity contribution in [3.63, 3.8) is 0 Å². The molecule has 0 saturated heterocycles. The van der Waals surface area contributed by atoms with E-state index < -0.39 is 5.41 Å². The lowest BCUT2D eigenvalue weighted by atomic mass is 9.33. The molecule has 1 N–H and O–H groups in total. The van der Waals surface area contributed by atoms with Gasteiger partial charge in [-0.3, -0.25) is 9.59 Å². The number of aliphatic hydroxyl groups excluding tert-OH is 1. The monoisotopic (exact) mass is 484 g/mol. The number of fused-ring (bicyclic) bond motifs is 7. The van der Waals surface area contributed by atoms with Crippen LogP contribution in [-0.4, -0.2) is 30.1 Å². The predicted octanol–water partition coefficient (Wildman–Crippen LogP) is 6.50. The van der Waals surface area contributed by atoms with Crippen LogP contribution in [0.15, 0.2) is 11.6 Å². The van der Waals surface area contributed by atoms with Crippen molar-refractivity contribution in [2.75, 3.05) is 7.11 Å². The van der Waals surface area contributed by atoms with Gasteiger partial charge in [-0.25, -0.2) is 0 Å². The summed E-state index contributed by atoms with van der Waals surface area (Å²) in [5, 5.41) is 10.9. The Bertz CT molecular complexity index is 980. The number of carbonyl (C=O) groups excluding carboxylic acids is 2. The molecule has 9 atom stereocenters. The third kappa shape index (κ3) is 3.07. The molecule has 35 heavy (non-hydrogen) atoms. The Morgan fingerprint density at radius 3 is 2.26 bits per heavy atom. The highest BCUT2D eigenvalue weighted by molar-refractivity contribution is 5.95. The second-order valence-corrected chi connectivity index (χ2v) is 15.1. The topological polar surface area (TPSA) is 63.6 Å². The number of carbonyl (C=O) groups is 2. The van der Waals surface area contributed by atoms with Crippen LogP contribution in [0, 0.1) is 50.2 Å². The number of hydrogen-bond donors (Lipinski definition) is 1. The van der Waals surface area contributed by atoms with Gasteiger partial charge in [0.05, 0.1) is 18.6 Å². The van der Waals surface area contributed by atoms with Crippen molar-refractivity contribution < 1.29 is 19.4 Å². The summed E-state index contributed by atoms with van der Waals surface area (Å²) in [7, 11) is 1.50. The van der Waals surface area contributed by atoms with E-state index in [1.54, 1.807) is 0 Å². The molecular formula is C31H48O4. The molecule has 0 amide bonds. The first-order valence-electron chi connectivity index (χ1n) is 14.1. The van der Waals surface area contributed by atoms with Crippen LogP contribution in [0.1, 0.15) is 106 Å². The van der Waals surface area contributed by atoms with Crippen molar-refractivity contribution in [1.29, 1.82) is 0 Å². The van der Waals surface area contributed by atoms with Gasteiger partial charge >= 0.3 is 5.97 Å². The van der Waals surface area contributed by atoms with Gasteiger partial charge in [0.25, 0.3) is 0 Å². The summed E-state index contributed by atoms with van der Waals surface area (Å²) < 4.78 is 5.25. The Kier molecular flexibility index (Phi) is 5.43. The minimum Gasteiger partial charge on any atom is -0.469 e. The highest BCUT2D eigenvalue weighted by Crippen LogP contribution is 2.75. The van der Waals surface area contributed by atoms with E-state index in [0.29, 0.717) is 11.7 Å². The van der Waals surface area contributed by atoms with Crippen molar-refractivity contribution >= 4 is 11.8 Å². The molecule has 4 saturated carbocycles. The first-order chi connectivity index (χ1) is 16.1. The van der Waals surface area contributed by atoms with Gasteiger partial charge in [0.15, 0.2) is 5.78 Å². The summed E-state index contributed by atoms with van der Waals surface area (Å²) in [5.74, 6) is 0.805. The minimum atomic E-state index is -0.480. The number of ether oxygens (including phenoxy) is 1. The van der Waals surface area contributed by atoms with Gasteiger partial charge in [0.1, 0.15) is 0 Å². The van der Waals surface area contributed by atoms with Crippen molar-refractivity contribution in [1.82, 2.24) is 0 Å². The normalized spacial score (nSPS) is 52.8. The molecule has 0 heterocycles. The summed E-state index contributed by atoms with van der Waals surface area (Å²) in [4.78, 5) is 27.1. The lowest BCUT2D eigenvalue weighted by Crippen LogP contribution is -2.66. The van der Waals surface area contributed by atoms with Crippen molar-refractivity contribution in [3.05, 3.63) is 11.6 Å². The molecule has 0 aliphatic heterocycles. The van der Waals surface area contributed by atoms with Gasteiger partial charge in [-0.2, -0.15) is 0 Å². The fourth-order valence-corrected chi connectivity index (χ4v) is 10.6. The average molecular weight is 485 g/mol. The quantitative estimate of drug-likeness (QED) is 0.431. The number of aliphatic hydroxyl groups is 1. The molecule has 196 valence electrons. The molecule has 5 aliphatic rings. The average Bonchev–Trinajstić information content (AvgIpc) is 2.78. The van der Waals surface area contributed by atoms with Crippen LogP contribution in [-0.2, 0) is 14.3 Å². The van der Waals surface area contributed by atoms with Gasteiger partial charge in [-0.1, -0.05) is 47.1 Å². The van der Waals surface area contributed by atoms with E-state index >= 15 is 0 Å². The minimum absolute atomic E-state index is 0.00536. The number of rotatable bonds is 1. The Hall–Kier alpha value is -1.16. The third-order valence-electron chi connectivity index (χ3n) is 13.2. The number of esters is 1. The number of allylic oxidation sites excluding steroid dienone is 2. The fraction of sp³-hybridized carbons (Fsp3) is 0.871. The van der Waals surface area contributed by atoms with E-state index in [1.165, 1.54) is 12.7 Å². The van der Waals surface area contributed by atoms with Crippen LogP contribution in [0.5, 0.6) is 0 Å².